The Morgan fingerprint density at radius 3 is 2.83 bits per heavy atom. The maximum Gasteiger partial charge on any atom is 0.184 e. The Morgan fingerprint density at radius 2 is 2.13 bits per heavy atom. The predicted molar refractivity (Wildman–Crippen MR) is 84.6 cm³/mol. The quantitative estimate of drug-likeness (QED) is 0.477. The Hall–Kier alpha value is -1.31. The van der Waals surface area contributed by atoms with E-state index >= 15 is 0 Å². The summed E-state index contributed by atoms with van der Waals surface area (Å²) in [7, 11) is 0. The number of halogens is 1. The number of alkyl halides is 1. The van der Waals surface area contributed by atoms with Crippen molar-refractivity contribution in [3.63, 3.8) is 0 Å². The molecule has 2 heterocycles. The summed E-state index contributed by atoms with van der Waals surface area (Å²) in [6.45, 7) is 2.19. The van der Waals surface area contributed by atoms with Crippen LogP contribution in [-0.4, -0.2) is 42.2 Å². The fraction of sp³-hybridized carbons (Fsp3) is 0.600. The average molecular weight is 339 g/mol. The smallest absolute Gasteiger partial charge is 0.184 e. The number of ether oxygens (including phenoxy) is 3. The first kappa shape index (κ1) is 16.5. The van der Waals surface area contributed by atoms with E-state index < -0.39 is 36.1 Å². The molecule has 8 heteroatoms. The van der Waals surface area contributed by atoms with Crippen molar-refractivity contribution < 1.29 is 18.6 Å². The number of fused-ring (bicyclic) bond motifs is 1. The zero-order valence-corrected chi connectivity index (χ0v) is 13.4. The highest BCUT2D eigenvalue weighted by molar-refractivity contribution is 7.99. The normalized spacial score (nSPS) is 36.8. The van der Waals surface area contributed by atoms with Gasteiger partial charge in [0.25, 0.3) is 0 Å². The molecule has 0 radical (unpaired) electrons. The van der Waals surface area contributed by atoms with E-state index in [0.29, 0.717) is 0 Å². The van der Waals surface area contributed by atoms with Crippen molar-refractivity contribution in [2.24, 2.45) is 5.11 Å². The SMILES string of the molecule is CCS[C@@H]1O[C@@H]2COC(c3ccccc3)O[C@H]2[C@H](F)[C@H]1N=[N+]=[N-]. The van der Waals surface area contributed by atoms with Crippen molar-refractivity contribution in [3.05, 3.63) is 46.3 Å². The van der Waals surface area contributed by atoms with Gasteiger partial charge >= 0.3 is 0 Å². The molecule has 0 aliphatic carbocycles. The molecule has 23 heavy (non-hydrogen) atoms. The molecule has 2 fully saturated rings. The molecular formula is C15H18FN3O3S. The van der Waals surface area contributed by atoms with Crippen LogP contribution in [0.3, 0.4) is 0 Å². The van der Waals surface area contributed by atoms with Crippen molar-refractivity contribution >= 4 is 11.8 Å². The van der Waals surface area contributed by atoms with Gasteiger partial charge in [0.05, 0.1) is 6.61 Å². The Morgan fingerprint density at radius 1 is 1.35 bits per heavy atom. The molecule has 0 bridgehead atoms. The third-order valence-electron chi connectivity index (χ3n) is 3.87. The molecule has 3 rings (SSSR count). The zero-order valence-electron chi connectivity index (χ0n) is 12.6. The van der Waals surface area contributed by atoms with Gasteiger partial charge < -0.3 is 14.2 Å². The lowest BCUT2D eigenvalue weighted by Crippen LogP contribution is -2.58. The number of benzene rings is 1. The minimum Gasteiger partial charge on any atom is -0.359 e. The van der Waals surface area contributed by atoms with Crippen LogP contribution in [0.15, 0.2) is 35.4 Å². The summed E-state index contributed by atoms with van der Waals surface area (Å²) in [6.07, 6.45) is -3.37. The Kier molecular flexibility index (Phi) is 5.40. The number of hydrogen-bond donors (Lipinski definition) is 0. The molecule has 1 unspecified atom stereocenters. The lowest BCUT2D eigenvalue weighted by molar-refractivity contribution is -0.297. The molecule has 0 N–H and O–H groups in total. The fourth-order valence-electron chi connectivity index (χ4n) is 2.81. The van der Waals surface area contributed by atoms with Gasteiger partial charge in [0.2, 0.25) is 0 Å². The van der Waals surface area contributed by atoms with E-state index in [1.165, 1.54) is 11.8 Å². The summed E-state index contributed by atoms with van der Waals surface area (Å²) in [6, 6.07) is 8.46. The maximum atomic E-state index is 14.9. The summed E-state index contributed by atoms with van der Waals surface area (Å²) < 4.78 is 32.2. The van der Waals surface area contributed by atoms with E-state index in [-0.39, 0.29) is 6.61 Å². The summed E-state index contributed by atoms with van der Waals surface area (Å²) in [5.41, 5.74) is 9.01. The number of rotatable bonds is 4. The summed E-state index contributed by atoms with van der Waals surface area (Å²) in [5.74, 6) is 0.737. The van der Waals surface area contributed by atoms with Crippen molar-refractivity contribution in [2.75, 3.05) is 12.4 Å². The maximum absolute atomic E-state index is 14.9. The molecule has 2 aliphatic rings. The van der Waals surface area contributed by atoms with E-state index in [2.05, 4.69) is 10.0 Å². The van der Waals surface area contributed by atoms with Crippen LogP contribution in [0.5, 0.6) is 0 Å². The predicted octanol–water partition coefficient (Wildman–Crippen LogP) is 3.60. The molecule has 0 aromatic heterocycles. The number of thioether (sulfide) groups is 1. The second-order valence-electron chi connectivity index (χ2n) is 5.31. The van der Waals surface area contributed by atoms with E-state index in [1.54, 1.807) is 0 Å². The zero-order chi connectivity index (χ0) is 16.2. The average Bonchev–Trinajstić information content (AvgIpc) is 2.59. The van der Waals surface area contributed by atoms with Crippen LogP contribution in [0.2, 0.25) is 0 Å². The topological polar surface area (TPSA) is 76.5 Å². The first-order chi connectivity index (χ1) is 11.2. The molecule has 1 aromatic rings. The van der Waals surface area contributed by atoms with Gasteiger partial charge in [0, 0.05) is 10.5 Å². The van der Waals surface area contributed by atoms with E-state index in [9.17, 15) is 4.39 Å². The summed E-state index contributed by atoms with van der Waals surface area (Å²) >= 11 is 1.42. The van der Waals surface area contributed by atoms with Crippen LogP contribution in [0.1, 0.15) is 18.8 Å². The minimum absolute atomic E-state index is 0.244. The molecule has 0 spiro atoms. The highest BCUT2D eigenvalue weighted by atomic mass is 32.2. The van der Waals surface area contributed by atoms with Crippen LogP contribution in [0, 0.1) is 0 Å². The number of hydrogen-bond acceptors (Lipinski definition) is 5. The van der Waals surface area contributed by atoms with Gasteiger partial charge in [-0.2, -0.15) is 0 Å². The second kappa shape index (κ2) is 7.51. The number of azide groups is 1. The molecule has 0 saturated carbocycles. The summed E-state index contributed by atoms with van der Waals surface area (Å²) in [5, 5.41) is 3.59. The Balaban J connectivity index is 1.77. The molecule has 2 aliphatic heterocycles. The molecule has 6 nitrogen and oxygen atoms in total. The largest absolute Gasteiger partial charge is 0.359 e. The van der Waals surface area contributed by atoms with Crippen molar-refractivity contribution in [1.82, 2.24) is 0 Å². The molecule has 124 valence electrons. The Labute approximate surface area is 137 Å². The lowest BCUT2D eigenvalue weighted by Gasteiger charge is -2.45. The summed E-state index contributed by atoms with van der Waals surface area (Å²) in [4.78, 5) is 2.76. The van der Waals surface area contributed by atoms with Gasteiger partial charge in [0.15, 0.2) is 6.29 Å². The van der Waals surface area contributed by atoms with Crippen LogP contribution in [0.25, 0.3) is 10.4 Å². The minimum atomic E-state index is -1.43. The van der Waals surface area contributed by atoms with Crippen LogP contribution < -0.4 is 0 Å². The lowest BCUT2D eigenvalue weighted by atomic mass is 9.98. The molecule has 2 saturated heterocycles. The van der Waals surface area contributed by atoms with Gasteiger partial charge in [-0.25, -0.2) is 4.39 Å². The van der Waals surface area contributed by atoms with Gasteiger partial charge in [-0.3, -0.25) is 0 Å². The van der Waals surface area contributed by atoms with Crippen LogP contribution >= 0.6 is 11.8 Å². The van der Waals surface area contributed by atoms with Gasteiger partial charge in [-0.05, 0) is 11.3 Å². The van der Waals surface area contributed by atoms with Gasteiger partial charge in [-0.15, -0.1) is 11.8 Å². The highest BCUT2D eigenvalue weighted by Crippen LogP contribution is 2.39. The molecule has 1 aromatic carbocycles. The Bertz CT molecular complexity index is 572. The van der Waals surface area contributed by atoms with Crippen molar-refractivity contribution in [3.8, 4) is 0 Å². The van der Waals surface area contributed by atoms with E-state index in [0.717, 1.165) is 11.3 Å². The highest BCUT2D eigenvalue weighted by Gasteiger charge is 2.50. The molecular weight excluding hydrogens is 321 g/mol. The second-order valence-corrected chi connectivity index (χ2v) is 6.69. The third-order valence-corrected chi connectivity index (χ3v) is 4.93. The standard InChI is InChI=1S/C15H18FN3O3S/c1-2-23-15-12(18-19-17)11(16)13-10(21-15)8-20-14(22-13)9-6-4-3-5-7-9/h3-7,10-15H,2,8H2,1H3/t10-,11-,12-,13-,14?,15+/m1/s1. The third kappa shape index (κ3) is 3.46. The van der Waals surface area contributed by atoms with Gasteiger partial charge in [0.1, 0.15) is 29.9 Å². The molecule has 0 amide bonds. The van der Waals surface area contributed by atoms with Crippen molar-refractivity contribution in [1.29, 1.82) is 0 Å². The van der Waals surface area contributed by atoms with Gasteiger partial charge in [-0.1, -0.05) is 42.4 Å². The first-order valence-corrected chi connectivity index (χ1v) is 8.56. The monoisotopic (exact) mass is 339 g/mol. The fourth-order valence-corrected chi connectivity index (χ4v) is 3.76. The van der Waals surface area contributed by atoms with Crippen molar-refractivity contribution in [2.45, 2.75) is 43.1 Å². The first-order valence-electron chi connectivity index (χ1n) is 7.52. The van der Waals surface area contributed by atoms with Crippen LogP contribution in [0.4, 0.5) is 4.39 Å². The molecule has 6 atom stereocenters. The number of nitrogens with zero attached hydrogens (tertiary/aromatic N) is 3. The van der Waals surface area contributed by atoms with E-state index in [4.69, 9.17) is 19.7 Å². The van der Waals surface area contributed by atoms with E-state index in [1.807, 2.05) is 37.3 Å². The van der Waals surface area contributed by atoms with Crippen LogP contribution in [-0.2, 0) is 14.2 Å².